The zero-order valence-corrected chi connectivity index (χ0v) is 8.26. The lowest BCUT2D eigenvalue weighted by molar-refractivity contribution is -0.133. The van der Waals surface area contributed by atoms with Gasteiger partial charge in [0.15, 0.2) is 0 Å². The predicted octanol–water partition coefficient (Wildman–Crippen LogP) is 2.76. The molecule has 0 aromatic heterocycles. The van der Waals surface area contributed by atoms with E-state index in [4.69, 9.17) is 5.11 Å². The molecule has 1 rings (SSSR count). The third-order valence-electron chi connectivity index (χ3n) is 2.77. The Bertz CT molecular complexity index is 274. The second kappa shape index (κ2) is 3.77. The van der Waals surface area contributed by atoms with E-state index in [0.29, 0.717) is 17.9 Å². The summed E-state index contributed by atoms with van der Waals surface area (Å²) in [6, 6.07) is 0. The Morgan fingerprint density at radius 1 is 1.62 bits per heavy atom. The van der Waals surface area contributed by atoms with E-state index in [2.05, 4.69) is 6.58 Å². The largest absolute Gasteiger partial charge is 0.478 e. The van der Waals surface area contributed by atoms with Gasteiger partial charge in [-0.25, -0.2) is 4.79 Å². The van der Waals surface area contributed by atoms with E-state index >= 15 is 0 Å². The zero-order valence-electron chi connectivity index (χ0n) is 8.26. The monoisotopic (exact) mass is 180 g/mol. The first kappa shape index (κ1) is 10.0. The van der Waals surface area contributed by atoms with Crippen molar-refractivity contribution in [1.29, 1.82) is 0 Å². The van der Waals surface area contributed by atoms with Crippen LogP contribution in [0.2, 0.25) is 0 Å². The van der Waals surface area contributed by atoms with Gasteiger partial charge in [0.25, 0.3) is 0 Å². The molecule has 0 aliphatic heterocycles. The molecule has 2 nitrogen and oxygen atoms in total. The topological polar surface area (TPSA) is 37.3 Å². The molecule has 0 saturated heterocycles. The number of hydrogen-bond donors (Lipinski definition) is 1. The van der Waals surface area contributed by atoms with Crippen molar-refractivity contribution in [3.05, 3.63) is 23.3 Å². The first-order valence-corrected chi connectivity index (χ1v) is 4.59. The second-order valence-electron chi connectivity index (χ2n) is 3.85. The van der Waals surface area contributed by atoms with Crippen molar-refractivity contribution >= 4 is 5.97 Å². The van der Waals surface area contributed by atoms with E-state index in [-0.39, 0.29) is 0 Å². The van der Waals surface area contributed by atoms with Gasteiger partial charge < -0.3 is 5.11 Å². The van der Waals surface area contributed by atoms with Crippen LogP contribution in [0.5, 0.6) is 0 Å². The molecule has 0 aromatic carbocycles. The molecule has 2 heteroatoms. The van der Waals surface area contributed by atoms with Crippen LogP contribution in [0.25, 0.3) is 0 Å². The van der Waals surface area contributed by atoms with Gasteiger partial charge in [-0.3, -0.25) is 0 Å². The summed E-state index contributed by atoms with van der Waals surface area (Å²) in [5.41, 5.74) is 2.80. The molecule has 1 aliphatic rings. The Balaban J connectivity index is 2.78. The lowest BCUT2D eigenvalue weighted by Gasteiger charge is -2.24. The van der Waals surface area contributed by atoms with Gasteiger partial charge in [-0.2, -0.15) is 0 Å². The van der Waals surface area contributed by atoms with Gasteiger partial charge >= 0.3 is 5.97 Å². The molecule has 0 bridgehead atoms. The van der Waals surface area contributed by atoms with Crippen LogP contribution in [0.1, 0.15) is 33.1 Å². The van der Waals surface area contributed by atoms with E-state index in [1.54, 1.807) is 0 Å². The third kappa shape index (κ3) is 2.20. The predicted molar refractivity (Wildman–Crippen MR) is 52.5 cm³/mol. The molecule has 0 radical (unpaired) electrons. The Morgan fingerprint density at radius 2 is 2.23 bits per heavy atom. The Hall–Kier alpha value is -1.05. The van der Waals surface area contributed by atoms with Crippen LogP contribution in [0.15, 0.2) is 23.3 Å². The van der Waals surface area contributed by atoms with Crippen molar-refractivity contribution < 1.29 is 9.90 Å². The van der Waals surface area contributed by atoms with Gasteiger partial charge in [-0.05, 0) is 39.0 Å². The molecule has 13 heavy (non-hydrogen) atoms. The standard InChI is InChI=1S/C11H16O2/c1-7(2)9-4-5-10(11(12)13)8(3)6-9/h9H,1,4-6H2,2-3H3,(H,12,13)/t9-/m1/s1. The average Bonchev–Trinajstić information content (AvgIpc) is 2.03. The number of carboxylic acids is 1. The molecule has 0 saturated carbocycles. The van der Waals surface area contributed by atoms with Crippen LogP contribution >= 0.6 is 0 Å². The highest BCUT2D eigenvalue weighted by Gasteiger charge is 2.22. The van der Waals surface area contributed by atoms with Crippen LogP contribution in [0.4, 0.5) is 0 Å². The van der Waals surface area contributed by atoms with E-state index in [9.17, 15) is 4.79 Å². The summed E-state index contributed by atoms with van der Waals surface area (Å²) in [4.78, 5) is 10.8. The van der Waals surface area contributed by atoms with E-state index in [1.807, 2.05) is 13.8 Å². The SMILES string of the molecule is C=C(C)[C@@H]1CCC(C(=O)O)=C(C)C1. The third-order valence-corrected chi connectivity index (χ3v) is 2.77. The first-order valence-electron chi connectivity index (χ1n) is 4.59. The molecule has 1 atom stereocenters. The van der Waals surface area contributed by atoms with Crippen molar-refractivity contribution in [3.63, 3.8) is 0 Å². The number of rotatable bonds is 2. The summed E-state index contributed by atoms with van der Waals surface area (Å²) in [6.45, 7) is 7.85. The second-order valence-corrected chi connectivity index (χ2v) is 3.85. The fourth-order valence-corrected chi connectivity index (χ4v) is 1.84. The first-order chi connectivity index (χ1) is 6.02. The van der Waals surface area contributed by atoms with E-state index in [0.717, 1.165) is 18.4 Å². The van der Waals surface area contributed by atoms with Gasteiger partial charge in [-0.15, -0.1) is 0 Å². The maximum Gasteiger partial charge on any atom is 0.331 e. The molecular weight excluding hydrogens is 164 g/mol. The molecule has 1 aliphatic carbocycles. The van der Waals surface area contributed by atoms with Crippen LogP contribution in [-0.4, -0.2) is 11.1 Å². The molecule has 0 aromatic rings. The molecule has 0 heterocycles. The zero-order chi connectivity index (χ0) is 10.0. The summed E-state index contributed by atoms with van der Waals surface area (Å²) in [5.74, 6) is -0.263. The van der Waals surface area contributed by atoms with Crippen LogP contribution in [-0.2, 0) is 4.79 Å². The van der Waals surface area contributed by atoms with Gasteiger partial charge in [0, 0.05) is 5.57 Å². The molecule has 1 N–H and O–H groups in total. The fourth-order valence-electron chi connectivity index (χ4n) is 1.84. The Kier molecular flexibility index (Phi) is 2.91. The summed E-state index contributed by atoms with van der Waals surface area (Å²) < 4.78 is 0. The molecule has 0 amide bonds. The summed E-state index contributed by atoms with van der Waals surface area (Å²) >= 11 is 0. The maximum absolute atomic E-state index is 10.8. The Morgan fingerprint density at radius 3 is 2.62 bits per heavy atom. The van der Waals surface area contributed by atoms with Gasteiger partial charge in [0.2, 0.25) is 0 Å². The molecule has 72 valence electrons. The lowest BCUT2D eigenvalue weighted by Crippen LogP contribution is -2.14. The van der Waals surface area contributed by atoms with Gasteiger partial charge in [0.05, 0.1) is 0 Å². The summed E-state index contributed by atoms with van der Waals surface area (Å²) in [5, 5.41) is 8.85. The normalized spacial score (nSPS) is 23.1. The number of allylic oxidation sites excluding steroid dienone is 2. The van der Waals surface area contributed by atoms with E-state index < -0.39 is 5.97 Å². The van der Waals surface area contributed by atoms with Crippen LogP contribution in [0, 0.1) is 5.92 Å². The summed E-state index contributed by atoms with van der Waals surface area (Å²) in [6.07, 6.45) is 2.50. The molecule has 0 fully saturated rings. The van der Waals surface area contributed by atoms with Crippen LogP contribution in [0.3, 0.4) is 0 Å². The van der Waals surface area contributed by atoms with Crippen molar-refractivity contribution in [2.24, 2.45) is 5.92 Å². The lowest BCUT2D eigenvalue weighted by atomic mass is 9.81. The fraction of sp³-hybridized carbons (Fsp3) is 0.545. The smallest absolute Gasteiger partial charge is 0.331 e. The van der Waals surface area contributed by atoms with Crippen molar-refractivity contribution in [2.75, 3.05) is 0 Å². The molecule has 0 spiro atoms. The number of hydrogen-bond acceptors (Lipinski definition) is 1. The quantitative estimate of drug-likeness (QED) is 0.663. The van der Waals surface area contributed by atoms with Crippen LogP contribution < -0.4 is 0 Å². The summed E-state index contributed by atoms with van der Waals surface area (Å²) in [7, 11) is 0. The maximum atomic E-state index is 10.8. The average molecular weight is 180 g/mol. The van der Waals surface area contributed by atoms with Crippen molar-refractivity contribution in [3.8, 4) is 0 Å². The van der Waals surface area contributed by atoms with Gasteiger partial charge in [-0.1, -0.05) is 17.7 Å². The molecule has 0 unspecified atom stereocenters. The number of aliphatic carboxylic acids is 1. The minimum atomic E-state index is -0.752. The van der Waals surface area contributed by atoms with Gasteiger partial charge in [0.1, 0.15) is 0 Å². The highest BCUT2D eigenvalue weighted by Crippen LogP contribution is 2.32. The highest BCUT2D eigenvalue weighted by atomic mass is 16.4. The number of carbonyl (C=O) groups is 1. The highest BCUT2D eigenvalue weighted by molar-refractivity contribution is 5.87. The van der Waals surface area contributed by atoms with E-state index in [1.165, 1.54) is 5.57 Å². The van der Waals surface area contributed by atoms with Crippen molar-refractivity contribution in [2.45, 2.75) is 33.1 Å². The molecular formula is C11H16O2. The van der Waals surface area contributed by atoms with Crippen molar-refractivity contribution in [1.82, 2.24) is 0 Å². The minimum absolute atomic E-state index is 0.489. The Labute approximate surface area is 79.0 Å². The minimum Gasteiger partial charge on any atom is -0.478 e. The number of carboxylic acid groups (broad SMARTS) is 1.